The molecule has 0 aliphatic heterocycles. The highest BCUT2D eigenvalue weighted by atomic mass is 16.1. The van der Waals surface area contributed by atoms with Crippen LogP contribution in [-0.2, 0) is 13.0 Å². The van der Waals surface area contributed by atoms with Crippen LogP contribution in [0.3, 0.4) is 0 Å². The van der Waals surface area contributed by atoms with Crippen LogP contribution in [0.15, 0.2) is 36.4 Å². The summed E-state index contributed by atoms with van der Waals surface area (Å²) in [5.41, 5.74) is 9.05. The number of hydrogen-bond donors (Lipinski definition) is 1. The third kappa shape index (κ3) is 2.93. The number of hydrogen-bond acceptors (Lipinski definition) is 2. The van der Waals surface area contributed by atoms with Crippen molar-refractivity contribution in [1.82, 2.24) is 4.57 Å². The fourth-order valence-electron chi connectivity index (χ4n) is 2.50. The summed E-state index contributed by atoms with van der Waals surface area (Å²) in [4.78, 5) is 12.6. The van der Waals surface area contributed by atoms with E-state index in [2.05, 4.69) is 24.5 Å². The number of carbonyl (C=O) groups excluding carboxylic acids is 1. The third-order valence-electron chi connectivity index (χ3n) is 3.41. The summed E-state index contributed by atoms with van der Waals surface area (Å²) in [6, 6.07) is 11.2. The molecule has 2 N–H and O–H groups in total. The van der Waals surface area contributed by atoms with Crippen molar-refractivity contribution in [1.29, 1.82) is 0 Å². The van der Waals surface area contributed by atoms with Gasteiger partial charge in [0.1, 0.15) is 0 Å². The van der Waals surface area contributed by atoms with Crippen molar-refractivity contribution in [3.8, 4) is 0 Å². The van der Waals surface area contributed by atoms with Crippen molar-refractivity contribution < 1.29 is 4.79 Å². The first-order chi connectivity index (χ1) is 9.67. The zero-order valence-electron chi connectivity index (χ0n) is 12.2. The Bertz CT molecular complexity index is 599. The summed E-state index contributed by atoms with van der Waals surface area (Å²) in [6.45, 7) is 5.17. The first-order valence-electron chi connectivity index (χ1n) is 7.26. The molecule has 0 unspecified atom stereocenters. The van der Waals surface area contributed by atoms with Crippen molar-refractivity contribution >= 4 is 11.5 Å². The lowest BCUT2D eigenvalue weighted by Gasteiger charge is -2.11. The zero-order valence-corrected chi connectivity index (χ0v) is 12.2. The quantitative estimate of drug-likeness (QED) is 0.643. The van der Waals surface area contributed by atoms with Gasteiger partial charge >= 0.3 is 0 Å². The van der Waals surface area contributed by atoms with Crippen LogP contribution in [0.25, 0.3) is 0 Å². The van der Waals surface area contributed by atoms with Crippen LogP contribution in [-0.4, -0.2) is 10.4 Å². The number of carbonyl (C=O) groups is 1. The molecule has 0 spiro atoms. The minimum Gasteiger partial charge on any atom is -0.399 e. The lowest BCUT2D eigenvalue weighted by Crippen LogP contribution is -2.12. The van der Waals surface area contributed by atoms with Gasteiger partial charge in [-0.05, 0) is 37.1 Å². The molecule has 3 heteroatoms. The molecule has 106 valence electrons. The number of rotatable bonds is 6. The maximum Gasteiger partial charge on any atom is 0.209 e. The molecule has 0 amide bonds. The monoisotopic (exact) mass is 270 g/mol. The van der Waals surface area contributed by atoms with Gasteiger partial charge in [-0.15, -0.1) is 0 Å². The van der Waals surface area contributed by atoms with Crippen LogP contribution in [0.4, 0.5) is 5.69 Å². The maximum absolute atomic E-state index is 12.6. The predicted octanol–water partition coefficient (Wildman–Crippen LogP) is 3.66. The van der Waals surface area contributed by atoms with E-state index in [-0.39, 0.29) is 5.78 Å². The highest BCUT2D eigenvalue weighted by molar-refractivity contribution is 6.08. The molecule has 0 saturated carbocycles. The fraction of sp³-hybridized carbons (Fsp3) is 0.353. The molecule has 3 nitrogen and oxygen atoms in total. The molecule has 2 aromatic rings. The number of ketones is 1. The number of nitrogens with zero attached hydrogens (tertiary/aromatic N) is 1. The van der Waals surface area contributed by atoms with E-state index >= 15 is 0 Å². The van der Waals surface area contributed by atoms with E-state index in [1.54, 1.807) is 12.1 Å². The normalized spacial score (nSPS) is 10.7. The van der Waals surface area contributed by atoms with E-state index in [1.165, 1.54) is 5.69 Å². The van der Waals surface area contributed by atoms with Gasteiger partial charge in [0.25, 0.3) is 0 Å². The van der Waals surface area contributed by atoms with E-state index in [9.17, 15) is 4.79 Å². The molecule has 1 heterocycles. The van der Waals surface area contributed by atoms with Gasteiger partial charge in [-0.2, -0.15) is 0 Å². The van der Waals surface area contributed by atoms with E-state index in [0.717, 1.165) is 31.5 Å². The second kappa shape index (κ2) is 6.42. The summed E-state index contributed by atoms with van der Waals surface area (Å²) < 4.78 is 2.15. The molecule has 0 atom stereocenters. The van der Waals surface area contributed by atoms with Crippen molar-refractivity contribution in [2.24, 2.45) is 0 Å². The number of nitrogens with two attached hydrogens (primary N) is 1. The Morgan fingerprint density at radius 1 is 1.15 bits per heavy atom. The van der Waals surface area contributed by atoms with Gasteiger partial charge in [0.2, 0.25) is 5.78 Å². The standard InChI is InChI=1S/C17H22N2O/c1-3-6-15-9-10-16(19(15)11-4-2)17(20)13-7-5-8-14(18)12-13/h5,7-10,12H,3-4,6,11,18H2,1-2H3. The van der Waals surface area contributed by atoms with Crippen LogP contribution >= 0.6 is 0 Å². The van der Waals surface area contributed by atoms with Gasteiger partial charge in [-0.25, -0.2) is 0 Å². The fourth-order valence-corrected chi connectivity index (χ4v) is 2.50. The van der Waals surface area contributed by atoms with Crippen molar-refractivity contribution in [3.05, 3.63) is 53.3 Å². The summed E-state index contributed by atoms with van der Waals surface area (Å²) in [7, 11) is 0. The first-order valence-corrected chi connectivity index (χ1v) is 7.26. The average Bonchev–Trinajstić information content (AvgIpc) is 2.82. The Kier molecular flexibility index (Phi) is 4.61. The second-order valence-electron chi connectivity index (χ2n) is 5.07. The summed E-state index contributed by atoms with van der Waals surface area (Å²) >= 11 is 0. The van der Waals surface area contributed by atoms with Crippen LogP contribution in [0.2, 0.25) is 0 Å². The molecule has 0 fully saturated rings. The Hall–Kier alpha value is -2.03. The van der Waals surface area contributed by atoms with Gasteiger partial charge in [0.15, 0.2) is 0 Å². The molecule has 1 aromatic heterocycles. The lowest BCUT2D eigenvalue weighted by atomic mass is 10.1. The number of nitrogen functional groups attached to an aromatic ring is 1. The van der Waals surface area contributed by atoms with E-state index in [4.69, 9.17) is 5.73 Å². The van der Waals surface area contributed by atoms with Crippen molar-refractivity contribution in [2.75, 3.05) is 5.73 Å². The summed E-state index contributed by atoms with van der Waals surface area (Å²) in [5, 5.41) is 0. The molecule has 0 aliphatic carbocycles. The number of aromatic nitrogens is 1. The van der Waals surface area contributed by atoms with E-state index < -0.39 is 0 Å². The van der Waals surface area contributed by atoms with E-state index in [0.29, 0.717) is 11.3 Å². The van der Waals surface area contributed by atoms with Gasteiger partial charge in [0.05, 0.1) is 5.69 Å². The van der Waals surface area contributed by atoms with Crippen LogP contribution in [0.5, 0.6) is 0 Å². The van der Waals surface area contributed by atoms with Crippen LogP contribution in [0.1, 0.15) is 48.4 Å². The molecule has 0 bridgehead atoms. The SMILES string of the molecule is CCCc1ccc(C(=O)c2cccc(N)c2)n1CCC. The third-order valence-corrected chi connectivity index (χ3v) is 3.41. The number of benzene rings is 1. The highest BCUT2D eigenvalue weighted by Gasteiger charge is 2.16. The topological polar surface area (TPSA) is 48.0 Å². The van der Waals surface area contributed by atoms with E-state index in [1.807, 2.05) is 18.2 Å². The van der Waals surface area contributed by atoms with Crippen LogP contribution in [0, 0.1) is 0 Å². The lowest BCUT2D eigenvalue weighted by molar-refractivity contribution is 0.103. The van der Waals surface area contributed by atoms with Crippen LogP contribution < -0.4 is 5.73 Å². The molecule has 20 heavy (non-hydrogen) atoms. The predicted molar refractivity (Wildman–Crippen MR) is 83.0 cm³/mol. The zero-order chi connectivity index (χ0) is 14.5. The minimum absolute atomic E-state index is 0.0492. The van der Waals surface area contributed by atoms with Gasteiger partial charge < -0.3 is 10.3 Å². The van der Waals surface area contributed by atoms with Gasteiger partial charge in [-0.3, -0.25) is 4.79 Å². The van der Waals surface area contributed by atoms with Crippen molar-refractivity contribution in [3.63, 3.8) is 0 Å². The molecule has 0 radical (unpaired) electrons. The Morgan fingerprint density at radius 3 is 2.60 bits per heavy atom. The van der Waals surface area contributed by atoms with Crippen molar-refractivity contribution in [2.45, 2.75) is 39.7 Å². The molecular weight excluding hydrogens is 248 g/mol. The number of anilines is 1. The Balaban J connectivity index is 2.38. The molecule has 0 aliphatic rings. The molecule has 0 saturated heterocycles. The average molecular weight is 270 g/mol. The molecule has 1 aromatic carbocycles. The molecular formula is C17H22N2O. The Labute approximate surface area is 120 Å². The highest BCUT2D eigenvalue weighted by Crippen LogP contribution is 2.18. The van der Waals surface area contributed by atoms with Gasteiger partial charge in [-0.1, -0.05) is 32.4 Å². The Morgan fingerprint density at radius 2 is 1.95 bits per heavy atom. The second-order valence-corrected chi connectivity index (χ2v) is 5.07. The maximum atomic E-state index is 12.6. The van der Waals surface area contributed by atoms with Gasteiger partial charge in [0, 0.05) is 23.5 Å². The smallest absolute Gasteiger partial charge is 0.209 e. The number of aryl methyl sites for hydroxylation is 1. The first kappa shape index (κ1) is 14.4. The summed E-state index contributed by atoms with van der Waals surface area (Å²) in [6.07, 6.45) is 3.10. The largest absolute Gasteiger partial charge is 0.399 e. The summed E-state index contributed by atoms with van der Waals surface area (Å²) in [5.74, 6) is 0.0492. The minimum atomic E-state index is 0.0492. The molecule has 2 rings (SSSR count).